The predicted octanol–water partition coefficient (Wildman–Crippen LogP) is 2.36. The van der Waals surface area contributed by atoms with E-state index in [2.05, 4.69) is 0 Å². The Hall–Kier alpha value is -2.29. The van der Waals surface area contributed by atoms with Crippen LogP contribution in [0, 0.1) is 0 Å². The van der Waals surface area contributed by atoms with E-state index in [1.807, 2.05) is 48.5 Å². The van der Waals surface area contributed by atoms with Crippen molar-refractivity contribution < 1.29 is 4.79 Å². The summed E-state index contributed by atoms with van der Waals surface area (Å²) in [7, 11) is 0. The van der Waals surface area contributed by atoms with Crippen LogP contribution in [0.25, 0.3) is 0 Å². The standard InChI is InChI=1S/C15H14N2O/c16-13-8-4-7-12-9-14(18)17(15(12)13)10-11-5-2-1-3-6-11/h1-8H,9-10,16H2. The maximum atomic E-state index is 12.1. The van der Waals surface area contributed by atoms with E-state index in [1.54, 1.807) is 4.90 Å². The fraction of sp³-hybridized carbons (Fsp3) is 0.133. The van der Waals surface area contributed by atoms with E-state index in [0.717, 1.165) is 16.8 Å². The summed E-state index contributed by atoms with van der Waals surface area (Å²) < 4.78 is 0. The van der Waals surface area contributed by atoms with Gasteiger partial charge in [0.1, 0.15) is 0 Å². The van der Waals surface area contributed by atoms with Gasteiger partial charge in [0.05, 0.1) is 24.3 Å². The highest BCUT2D eigenvalue weighted by Crippen LogP contribution is 2.35. The lowest BCUT2D eigenvalue weighted by Crippen LogP contribution is -2.26. The van der Waals surface area contributed by atoms with Crippen molar-refractivity contribution in [1.82, 2.24) is 0 Å². The molecule has 0 aliphatic carbocycles. The molecular weight excluding hydrogens is 224 g/mol. The third-order valence-corrected chi connectivity index (χ3v) is 3.25. The van der Waals surface area contributed by atoms with Crippen LogP contribution in [0.1, 0.15) is 11.1 Å². The molecule has 2 aromatic carbocycles. The van der Waals surface area contributed by atoms with E-state index in [4.69, 9.17) is 5.73 Å². The molecule has 0 fully saturated rings. The topological polar surface area (TPSA) is 46.3 Å². The van der Waals surface area contributed by atoms with Gasteiger partial charge < -0.3 is 10.6 Å². The Kier molecular flexibility index (Phi) is 2.52. The van der Waals surface area contributed by atoms with Crippen molar-refractivity contribution >= 4 is 17.3 Å². The summed E-state index contributed by atoms with van der Waals surface area (Å²) in [4.78, 5) is 13.8. The minimum atomic E-state index is 0.117. The van der Waals surface area contributed by atoms with Crippen molar-refractivity contribution in [2.24, 2.45) is 0 Å². The van der Waals surface area contributed by atoms with Crippen molar-refractivity contribution in [3.05, 3.63) is 59.7 Å². The van der Waals surface area contributed by atoms with Crippen LogP contribution in [-0.2, 0) is 17.8 Å². The molecule has 0 unspecified atom stereocenters. The highest BCUT2D eigenvalue weighted by molar-refractivity contribution is 6.04. The van der Waals surface area contributed by atoms with E-state index in [0.29, 0.717) is 18.7 Å². The molecule has 3 heteroatoms. The first-order chi connectivity index (χ1) is 8.75. The number of para-hydroxylation sites is 1. The Balaban J connectivity index is 1.97. The van der Waals surface area contributed by atoms with Crippen molar-refractivity contribution in [3.63, 3.8) is 0 Å². The molecule has 0 saturated carbocycles. The second kappa shape index (κ2) is 4.18. The molecule has 1 aliphatic rings. The Labute approximate surface area is 106 Å². The maximum absolute atomic E-state index is 12.1. The molecule has 0 bridgehead atoms. The average Bonchev–Trinajstić information content (AvgIpc) is 2.69. The molecule has 0 radical (unpaired) electrons. The molecule has 90 valence electrons. The summed E-state index contributed by atoms with van der Waals surface area (Å²) in [5.41, 5.74) is 9.68. The van der Waals surface area contributed by atoms with E-state index in [9.17, 15) is 4.79 Å². The normalized spacial score (nSPS) is 13.8. The van der Waals surface area contributed by atoms with E-state index in [1.165, 1.54) is 0 Å². The molecule has 2 N–H and O–H groups in total. The van der Waals surface area contributed by atoms with Gasteiger partial charge >= 0.3 is 0 Å². The van der Waals surface area contributed by atoms with Gasteiger partial charge in [0.2, 0.25) is 5.91 Å². The lowest BCUT2D eigenvalue weighted by molar-refractivity contribution is -0.117. The van der Waals surface area contributed by atoms with Crippen LogP contribution in [-0.4, -0.2) is 5.91 Å². The number of hydrogen-bond acceptors (Lipinski definition) is 2. The van der Waals surface area contributed by atoms with Gasteiger partial charge in [-0.15, -0.1) is 0 Å². The van der Waals surface area contributed by atoms with Crippen LogP contribution in [0.3, 0.4) is 0 Å². The lowest BCUT2D eigenvalue weighted by Gasteiger charge is -2.19. The Morgan fingerprint density at radius 1 is 1.06 bits per heavy atom. The number of rotatable bonds is 2. The van der Waals surface area contributed by atoms with Crippen LogP contribution >= 0.6 is 0 Å². The van der Waals surface area contributed by atoms with Crippen molar-refractivity contribution in [1.29, 1.82) is 0 Å². The summed E-state index contributed by atoms with van der Waals surface area (Å²) in [6.45, 7) is 0.584. The van der Waals surface area contributed by atoms with E-state index >= 15 is 0 Å². The first-order valence-corrected chi connectivity index (χ1v) is 5.97. The van der Waals surface area contributed by atoms with Gasteiger partial charge in [-0.2, -0.15) is 0 Å². The number of anilines is 2. The summed E-state index contributed by atoms with van der Waals surface area (Å²) in [6.07, 6.45) is 0.452. The number of nitrogens with two attached hydrogens (primary N) is 1. The fourth-order valence-corrected chi connectivity index (χ4v) is 2.40. The van der Waals surface area contributed by atoms with Crippen LogP contribution in [0.5, 0.6) is 0 Å². The summed E-state index contributed by atoms with van der Waals surface area (Å²) >= 11 is 0. The number of hydrogen-bond donors (Lipinski definition) is 1. The highest BCUT2D eigenvalue weighted by atomic mass is 16.2. The van der Waals surface area contributed by atoms with E-state index < -0.39 is 0 Å². The smallest absolute Gasteiger partial charge is 0.231 e. The zero-order valence-corrected chi connectivity index (χ0v) is 9.97. The van der Waals surface area contributed by atoms with Gasteiger partial charge in [-0.3, -0.25) is 4.79 Å². The molecule has 3 rings (SSSR count). The van der Waals surface area contributed by atoms with Crippen molar-refractivity contribution in [2.75, 3.05) is 10.6 Å². The van der Waals surface area contributed by atoms with Crippen LogP contribution < -0.4 is 10.6 Å². The molecule has 1 aliphatic heterocycles. The average molecular weight is 238 g/mol. The summed E-state index contributed by atoms with van der Waals surface area (Å²) in [5.74, 6) is 0.117. The number of nitrogen functional groups attached to an aromatic ring is 1. The quantitative estimate of drug-likeness (QED) is 0.816. The third-order valence-electron chi connectivity index (χ3n) is 3.25. The van der Waals surface area contributed by atoms with Crippen molar-refractivity contribution in [2.45, 2.75) is 13.0 Å². The maximum Gasteiger partial charge on any atom is 0.231 e. The first-order valence-electron chi connectivity index (χ1n) is 5.97. The second-order valence-electron chi connectivity index (χ2n) is 4.50. The Morgan fingerprint density at radius 2 is 1.83 bits per heavy atom. The van der Waals surface area contributed by atoms with Gasteiger partial charge in [0.15, 0.2) is 0 Å². The van der Waals surface area contributed by atoms with Gasteiger partial charge in [0, 0.05) is 0 Å². The van der Waals surface area contributed by atoms with Gasteiger partial charge in [0.25, 0.3) is 0 Å². The SMILES string of the molecule is Nc1cccc2c1N(Cc1ccccc1)C(=O)C2. The largest absolute Gasteiger partial charge is 0.397 e. The zero-order valence-electron chi connectivity index (χ0n) is 9.97. The van der Waals surface area contributed by atoms with Crippen LogP contribution in [0.4, 0.5) is 11.4 Å². The summed E-state index contributed by atoms with van der Waals surface area (Å²) in [5, 5.41) is 0. The minimum absolute atomic E-state index is 0.117. The first kappa shape index (κ1) is 10.8. The van der Waals surface area contributed by atoms with E-state index in [-0.39, 0.29) is 5.91 Å². The molecule has 18 heavy (non-hydrogen) atoms. The molecule has 1 heterocycles. The fourth-order valence-electron chi connectivity index (χ4n) is 2.40. The molecule has 0 aromatic heterocycles. The van der Waals surface area contributed by atoms with Gasteiger partial charge in [-0.05, 0) is 17.2 Å². The number of amides is 1. The van der Waals surface area contributed by atoms with Crippen LogP contribution in [0.2, 0.25) is 0 Å². The Morgan fingerprint density at radius 3 is 2.61 bits per heavy atom. The lowest BCUT2D eigenvalue weighted by atomic mass is 10.1. The minimum Gasteiger partial charge on any atom is -0.397 e. The molecule has 2 aromatic rings. The summed E-state index contributed by atoms with van der Waals surface area (Å²) in [6, 6.07) is 15.7. The molecular formula is C15H14N2O. The third kappa shape index (κ3) is 1.74. The molecule has 0 atom stereocenters. The number of nitrogens with zero attached hydrogens (tertiary/aromatic N) is 1. The monoisotopic (exact) mass is 238 g/mol. The van der Waals surface area contributed by atoms with Gasteiger partial charge in [-0.1, -0.05) is 42.5 Å². The Bertz CT molecular complexity index is 593. The second-order valence-corrected chi connectivity index (χ2v) is 4.50. The number of benzene rings is 2. The predicted molar refractivity (Wildman–Crippen MR) is 72.2 cm³/mol. The molecule has 0 saturated heterocycles. The van der Waals surface area contributed by atoms with Crippen molar-refractivity contribution in [3.8, 4) is 0 Å². The number of carbonyl (C=O) groups is 1. The molecule has 0 spiro atoms. The number of fused-ring (bicyclic) bond motifs is 1. The van der Waals surface area contributed by atoms with Crippen LogP contribution in [0.15, 0.2) is 48.5 Å². The zero-order chi connectivity index (χ0) is 12.5. The number of carbonyl (C=O) groups excluding carboxylic acids is 1. The van der Waals surface area contributed by atoms with Gasteiger partial charge in [-0.25, -0.2) is 0 Å². The molecule has 1 amide bonds. The molecule has 3 nitrogen and oxygen atoms in total. The highest BCUT2D eigenvalue weighted by Gasteiger charge is 2.28.